The Bertz CT molecular complexity index is 1200. The Morgan fingerprint density at radius 3 is 2.57 bits per heavy atom. The van der Waals surface area contributed by atoms with E-state index in [-0.39, 0.29) is 10.6 Å². The number of hydrogen-bond acceptors (Lipinski definition) is 4. The van der Waals surface area contributed by atoms with Gasteiger partial charge < -0.3 is 15.3 Å². The fourth-order valence-electron chi connectivity index (χ4n) is 3.37. The Morgan fingerprint density at radius 2 is 1.82 bits per heavy atom. The van der Waals surface area contributed by atoms with Gasteiger partial charge in [-0.2, -0.15) is 4.31 Å². The Labute approximate surface area is 169 Å². The molecule has 0 spiro atoms. The van der Waals surface area contributed by atoms with E-state index < -0.39 is 22.0 Å². The van der Waals surface area contributed by atoms with E-state index in [1.54, 1.807) is 30.3 Å². The van der Waals surface area contributed by atoms with Crippen LogP contribution in [0.3, 0.4) is 0 Å². The van der Waals surface area contributed by atoms with Crippen molar-refractivity contribution in [3.63, 3.8) is 0 Å². The number of nitrogens with one attached hydrogen (secondary N) is 3. The molecule has 10 heteroatoms. The maximum Gasteiger partial charge on any atom is 0.323 e. The number of amides is 1. The highest BCUT2D eigenvalue weighted by Gasteiger charge is 2.39. The standard InChI is InChI=1S/C18H17BrN4O4S/c19-11-3-6-13(7-4-11)28(26,27)23-9-1-2-16(23)17(24)20-12-5-8-14-15(10-12)22-18(25)21-14/h3-8,10,16H,1-2,9H2,(H,20,24)(H2,21,22,25)/t16-/m1/s1. The predicted octanol–water partition coefficient (Wildman–Crippen LogP) is 2.41. The average Bonchev–Trinajstić information content (AvgIpc) is 3.28. The van der Waals surface area contributed by atoms with Crippen molar-refractivity contribution >= 4 is 48.6 Å². The molecule has 1 atom stereocenters. The zero-order valence-corrected chi connectivity index (χ0v) is 17.0. The van der Waals surface area contributed by atoms with E-state index in [2.05, 4.69) is 31.2 Å². The van der Waals surface area contributed by atoms with Crippen molar-refractivity contribution in [1.29, 1.82) is 0 Å². The third-order valence-corrected chi connectivity index (χ3v) is 7.16. The number of hydrogen-bond donors (Lipinski definition) is 3. The van der Waals surface area contributed by atoms with Crippen LogP contribution < -0.4 is 11.0 Å². The fourth-order valence-corrected chi connectivity index (χ4v) is 5.29. The van der Waals surface area contributed by atoms with Gasteiger partial charge in [0.05, 0.1) is 15.9 Å². The van der Waals surface area contributed by atoms with Crippen LogP contribution in [0.25, 0.3) is 11.0 Å². The number of sulfonamides is 1. The van der Waals surface area contributed by atoms with Crippen LogP contribution in [0.1, 0.15) is 12.8 Å². The van der Waals surface area contributed by atoms with Crippen molar-refractivity contribution in [3.8, 4) is 0 Å². The lowest BCUT2D eigenvalue weighted by Gasteiger charge is -2.23. The summed E-state index contributed by atoms with van der Waals surface area (Å²) in [7, 11) is -3.77. The molecule has 0 saturated carbocycles. The first-order chi connectivity index (χ1) is 13.3. The van der Waals surface area contributed by atoms with Gasteiger partial charge >= 0.3 is 5.69 Å². The molecule has 0 radical (unpaired) electrons. The third-order valence-electron chi connectivity index (χ3n) is 4.71. The van der Waals surface area contributed by atoms with Gasteiger partial charge in [-0.3, -0.25) is 4.79 Å². The molecule has 2 heterocycles. The molecule has 0 aliphatic carbocycles. The number of halogens is 1. The molecule has 1 fully saturated rings. The molecule has 1 saturated heterocycles. The number of aromatic amines is 2. The summed E-state index contributed by atoms with van der Waals surface area (Å²) in [5.41, 5.74) is 1.35. The molecule has 1 aliphatic heterocycles. The average molecular weight is 465 g/mol. The van der Waals surface area contributed by atoms with Crippen molar-refractivity contribution in [2.45, 2.75) is 23.8 Å². The lowest BCUT2D eigenvalue weighted by molar-refractivity contribution is -0.119. The summed E-state index contributed by atoms with van der Waals surface area (Å²) in [6, 6.07) is 10.5. The SMILES string of the molecule is O=C(Nc1ccc2[nH]c(=O)[nH]c2c1)[C@H]1CCCN1S(=O)(=O)c1ccc(Br)cc1. The number of rotatable bonds is 4. The molecule has 146 valence electrons. The summed E-state index contributed by atoms with van der Waals surface area (Å²) < 4.78 is 28.0. The predicted molar refractivity (Wildman–Crippen MR) is 109 cm³/mol. The summed E-state index contributed by atoms with van der Waals surface area (Å²) in [4.78, 5) is 29.6. The second kappa shape index (κ2) is 7.19. The first kappa shape index (κ1) is 18.9. The Balaban J connectivity index is 1.57. The number of anilines is 1. The van der Waals surface area contributed by atoms with Gasteiger partial charge in [-0.05, 0) is 55.3 Å². The molecular weight excluding hydrogens is 448 g/mol. The quantitative estimate of drug-likeness (QED) is 0.549. The number of carbonyl (C=O) groups is 1. The van der Waals surface area contributed by atoms with E-state index in [1.165, 1.54) is 16.4 Å². The molecule has 3 N–H and O–H groups in total. The maximum absolute atomic E-state index is 13.0. The maximum atomic E-state index is 13.0. The Morgan fingerprint density at radius 1 is 1.11 bits per heavy atom. The summed E-state index contributed by atoms with van der Waals surface area (Å²) in [6.07, 6.45) is 1.06. The van der Waals surface area contributed by atoms with Crippen molar-refractivity contribution in [3.05, 3.63) is 57.4 Å². The Hall–Kier alpha value is -2.43. The van der Waals surface area contributed by atoms with Gasteiger partial charge in [0.15, 0.2) is 0 Å². The molecule has 28 heavy (non-hydrogen) atoms. The fraction of sp³-hybridized carbons (Fsp3) is 0.222. The van der Waals surface area contributed by atoms with E-state index in [0.29, 0.717) is 36.1 Å². The van der Waals surface area contributed by atoms with Gasteiger partial charge in [-0.1, -0.05) is 15.9 Å². The molecule has 2 aromatic carbocycles. The van der Waals surface area contributed by atoms with Crippen LogP contribution >= 0.6 is 15.9 Å². The summed E-state index contributed by atoms with van der Waals surface area (Å²) >= 11 is 3.29. The van der Waals surface area contributed by atoms with Crippen LogP contribution in [-0.2, 0) is 14.8 Å². The molecule has 3 aromatic rings. The molecule has 4 rings (SSSR count). The van der Waals surface area contributed by atoms with E-state index in [0.717, 1.165) is 4.47 Å². The van der Waals surface area contributed by atoms with Gasteiger partial charge in [-0.15, -0.1) is 0 Å². The molecule has 1 aliphatic rings. The van der Waals surface area contributed by atoms with Gasteiger partial charge in [0.1, 0.15) is 6.04 Å². The van der Waals surface area contributed by atoms with Crippen molar-refractivity contribution < 1.29 is 13.2 Å². The largest absolute Gasteiger partial charge is 0.325 e. The van der Waals surface area contributed by atoms with Gasteiger partial charge in [0.25, 0.3) is 0 Å². The van der Waals surface area contributed by atoms with E-state index in [1.807, 2.05) is 0 Å². The first-order valence-electron chi connectivity index (χ1n) is 8.65. The van der Waals surface area contributed by atoms with Crippen molar-refractivity contribution in [2.24, 2.45) is 0 Å². The number of nitrogens with zero attached hydrogens (tertiary/aromatic N) is 1. The van der Waals surface area contributed by atoms with Crippen LogP contribution in [-0.4, -0.2) is 41.2 Å². The minimum absolute atomic E-state index is 0.154. The van der Waals surface area contributed by atoms with Crippen LogP contribution in [0, 0.1) is 0 Å². The van der Waals surface area contributed by atoms with E-state index in [9.17, 15) is 18.0 Å². The number of fused-ring (bicyclic) bond motifs is 1. The second-order valence-corrected chi connectivity index (χ2v) is 9.36. The smallest absolute Gasteiger partial charge is 0.323 e. The number of carbonyl (C=O) groups excluding carboxylic acids is 1. The zero-order chi connectivity index (χ0) is 19.9. The topological polar surface area (TPSA) is 115 Å². The lowest BCUT2D eigenvalue weighted by atomic mass is 10.2. The second-order valence-electron chi connectivity index (χ2n) is 6.56. The zero-order valence-electron chi connectivity index (χ0n) is 14.6. The van der Waals surface area contributed by atoms with Gasteiger partial charge in [0.2, 0.25) is 15.9 Å². The molecule has 8 nitrogen and oxygen atoms in total. The first-order valence-corrected chi connectivity index (χ1v) is 10.9. The lowest BCUT2D eigenvalue weighted by Crippen LogP contribution is -2.43. The highest BCUT2D eigenvalue weighted by Crippen LogP contribution is 2.28. The van der Waals surface area contributed by atoms with Crippen LogP contribution in [0.15, 0.2) is 56.6 Å². The molecule has 1 aromatic heterocycles. The van der Waals surface area contributed by atoms with Gasteiger partial charge in [-0.25, -0.2) is 13.2 Å². The van der Waals surface area contributed by atoms with Crippen LogP contribution in [0.4, 0.5) is 5.69 Å². The molecule has 0 unspecified atom stereocenters. The van der Waals surface area contributed by atoms with E-state index >= 15 is 0 Å². The Kier molecular flexibility index (Phi) is 4.86. The van der Waals surface area contributed by atoms with Crippen molar-refractivity contribution in [2.75, 3.05) is 11.9 Å². The number of imidazole rings is 1. The summed E-state index contributed by atoms with van der Waals surface area (Å²) in [5, 5.41) is 2.76. The number of aromatic nitrogens is 2. The summed E-state index contributed by atoms with van der Waals surface area (Å²) in [5.74, 6) is -0.393. The molecule has 0 bridgehead atoms. The minimum atomic E-state index is -3.77. The van der Waals surface area contributed by atoms with Crippen LogP contribution in [0.2, 0.25) is 0 Å². The number of H-pyrrole nitrogens is 2. The minimum Gasteiger partial charge on any atom is -0.325 e. The third kappa shape index (κ3) is 3.50. The van der Waals surface area contributed by atoms with E-state index in [4.69, 9.17) is 0 Å². The van der Waals surface area contributed by atoms with Crippen molar-refractivity contribution in [1.82, 2.24) is 14.3 Å². The normalized spacial score (nSPS) is 17.8. The molecular formula is C18H17BrN4O4S. The van der Waals surface area contributed by atoms with Crippen LogP contribution in [0.5, 0.6) is 0 Å². The van der Waals surface area contributed by atoms with Gasteiger partial charge in [0, 0.05) is 16.7 Å². The summed E-state index contributed by atoms with van der Waals surface area (Å²) in [6.45, 7) is 0.292. The monoisotopic (exact) mass is 464 g/mol. The molecule has 1 amide bonds. The highest BCUT2D eigenvalue weighted by atomic mass is 79.9. The number of benzene rings is 2. The highest BCUT2D eigenvalue weighted by molar-refractivity contribution is 9.10.